The Morgan fingerprint density at radius 1 is 0.527 bits per heavy atom. The molecule has 26 heteroatoms. The van der Waals surface area contributed by atoms with Crippen LogP contribution in [0.4, 0.5) is 0 Å². The number of hydrogen-bond donors (Lipinski definition) is 6. The monoisotopic (exact) mass is 1320 g/mol. The minimum Gasteiger partial charge on any atom is -0.459 e. The van der Waals surface area contributed by atoms with Crippen molar-refractivity contribution in [3.63, 3.8) is 0 Å². The highest BCUT2D eigenvalue weighted by atomic mass is 16.5. The second-order valence-electron chi connectivity index (χ2n) is 27.5. The Bertz CT molecular complexity index is 2540. The smallest absolute Gasteiger partial charge is 0.303 e. The molecule has 26 nitrogen and oxygen atoms in total. The van der Waals surface area contributed by atoms with Gasteiger partial charge in [-0.25, -0.2) is 0 Å². The minimum atomic E-state index is -1.64. The van der Waals surface area contributed by atoms with Crippen LogP contribution in [0, 0.1) is 41.4 Å². The molecule has 0 aromatic rings. The van der Waals surface area contributed by atoms with E-state index in [1.807, 2.05) is 47.6 Å². The lowest BCUT2D eigenvalue weighted by Crippen LogP contribution is -2.64. The molecular formula is C67H120N12O14. The lowest BCUT2D eigenvalue weighted by atomic mass is 9.91. The van der Waals surface area contributed by atoms with Crippen molar-refractivity contribution < 1.29 is 67.0 Å². The second kappa shape index (κ2) is 39.9. The minimum absolute atomic E-state index is 0.0322. The second-order valence-corrected chi connectivity index (χ2v) is 27.5. The Morgan fingerprint density at radius 3 is 1.46 bits per heavy atom. The maximum atomic E-state index is 15.5. The van der Waals surface area contributed by atoms with E-state index in [9.17, 15) is 33.6 Å². The number of rotatable bonds is 21. The summed E-state index contributed by atoms with van der Waals surface area (Å²) in [4.78, 5) is 184. The molecule has 1 saturated heterocycles. The third kappa shape index (κ3) is 24.5. The van der Waals surface area contributed by atoms with Crippen LogP contribution in [0.1, 0.15) is 163 Å². The summed E-state index contributed by atoms with van der Waals surface area (Å²) in [5.41, 5.74) is 0. The molecule has 532 valence electrons. The molecular weight excluding hydrogens is 1200 g/mol. The van der Waals surface area contributed by atoms with Gasteiger partial charge < -0.3 is 70.8 Å². The van der Waals surface area contributed by atoms with Gasteiger partial charge in [-0.2, -0.15) is 0 Å². The Labute approximate surface area is 555 Å². The van der Waals surface area contributed by atoms with Gasteiger partial charge in [0.25, 0.3) is 0 Å². The first-order valence-electron chi connectivity index (χ1n) is 33.2. The van der Waals surface area contributed by atoms with Crippen molar-refractivity contribution in [1.29, 1.82) is 0 Å². The number of amides is 11. The fourth-order valence-corrected chi connectivity index (χ4v) is 11.8. The Hall–Kier alpha value is -6.70. The first kappa shape index (κ1) is 84.3. The topological polar surface area (TPSA) is 315 Å². The number of carbonyl (C=O) groups is 12. The molecule has 1 rings (SSSR count). The van der Waals surface area contributed by atoms with E-state index in [-0.39, 0.29) is 62.9 Å². The lowest BCUT2D eigenvalue weighted by Gasteiger charge is -2.42. The summed E-state index contributed by atoms with van der Waals surface area (Å²) < 4.78 is 11.5. The normalized spacial score (nSPS) is 26.5. The quantitative estimate of drug-likeness (QED) is 0.0547. The van der Waals surface area contributed by atoms with Crippen LogP contribution in [0.25, 0.3) is 0 Å². The zero-order chi connectivity index (χ0) is 71.8. The Balaban J connectivity index is 4.59. The molecule has 1 fully saturated rings. The van der Waals surface area contributed by atoms with Gasteiger partial charge >= 0.3 is 5.97 Å². The predicted molar refractivity (Wildman–Crippen MR) is 357 cm³/mol. The summed E-state index contributed by atoms with van der Waals surface area (Å²) in [5, 5.41) is 17.0. The zero-order valence-electron chi connectivity index (χ0n) is 60.9. The van der Waals surface area contributed by atoms with E-state index >= 15 is 24.0 Å². The molecule has 1 heterocycles. The van der Waals surface area contributed by atoms with Gasteiger partial charge in [0.05, 0.1) is 6.61 Å². The van der Waals surface area contributed by atoms with Crippen LogP contribution in [-0.2, 0) is 67.0 Å². The van der Waals surface area contributed by atoms with Crippen LogP contribution >= 0.6 is 0 Å². The fraction of sp³-hybridized carbons (Fsp3) is 0.791. The van der Waals surface area contributed by atoms with E-state index in [1.54, 1.807) is 68.5 Å². The highest BCUT2D eigenvalue weighted by molar-refractivity contribution is 6.00. The summed E-state index contributed by atoms with van der Waals surface area (Å²) in [6.45, 7) is 29.3. The van der Waals surface area contributed by atoms with Gasteiger partial charge in [-0.15, -0.1) is 0 Å². The van der Waals surface area contributed by atoms with Gasteiger partial charge in [-0.1, -0.05) is 102 Å². The Kier molecular flexibility index (Phi) is 36.1. The van der Waals surface area contributed by atoms with Gasteiger partial charge in [0.15, 0.2) is 0 Å². The van der Waals surface area contributed by atoms with Crippen LogP contribution in [0.5, 0.6) is 0 Å². The maximum Gasteiger partial charge on any atom is 0.303 e. The molecule has 0 aliphatic carbocycles. The summed E-state index contributed by atoms with van der Waals surface area (Å²) in [7, 11) is 11.6. The molecule has 0 saturated carbocycles. The number of nitrogens with one attached hydrogen (secondary N) is 6. The van der Waals surface area contributed by atoms with Crippen molar-refractivity contribution in [3.05, 3.63) is 12.2 Å². The number of hydrogen-bond acceptors (Lipinski definition) is 15. The van der Waals surface area contributed by atoms with E-state index in [4.69, 9.17) is 9.47 Å². The first-order chi connectivity index (χ1) is 43.2. The van der Waals surface area contributed by atoms with Gasteiger partial charge in [-0.3, -0.25) is 57.5 Å². The molecule has 1 aliphatic rings. The number of allylic oxidation sites excluding steroid dienone is 2. The Morgan fingerprint density at radius 2 is 0.989 bits per heavy atom. The molecule has 93 heavy (non-hydrogen) atoms. The number of ether oxygens (including phenoxy) is 2. The number of nitrogens with zero attached hydrogens (tertiary/aromatic N) is 6. The average molecular weight is 1320 g/mol. The molecule has 0 aromatic heterocycles. The van der Waals surface area contributed by atoms with Crippen LogP contribution in [-0.4, -0.2) is 243 Å². The van der Waals surface area contributed by atoms with Gasteiger partial charge in [-0.05, 0) is 115 Å². The van der Waals surface area contributed by atoms with Gasteiger partial charge in [0.2, 0.25) is 65.0 Å². The van der Waals surface area contributed by atoms with Gasteiger partial charge in [0, 0.05) is 62.2 Å². The van der Waals surface area contributed by atoms with E-state index in [0.29, 0.717) is 13.0 Å². The van der Waals surface area contributed by atoms with E-state index < -0.39 is 167 Å². The largest absolute Gasteiger partial charge is 0.459 e. The average Bonchev–Trinajstić information content (AvgIpc) is 0.824. The number of carbonyl (C=O) groups excluding carboxylic acids is 12. The van der Waals surface area contributed by atoms with Crippen LogP contribution < -0.4 is 31.9 Å². The van der Waals surface area contributed by atoms with Crippen LogP contribution in [0.15, 0.2) is 12.2 Å². The molecule has 14 atom stereocenters. The third-order valence-corrected chi connectivity index (χ3v) is 17.3. The highest BCUT2D eigenvalue weighted by Crippen LogP contribution is 2.27. The first-order valence-corrected chi connectivity index (χ1v) is 33.2. The molecule has 0 radical (unpaired) electrons. The maximum absolute atomic E-state index is 15.5. The van der Waals surface area contributed by atoms with E-state index in [1.165, 1.54) is 94.7 Å². The molecule has 11 amide bonds. The summed E-state index contributed by atoms with van der Waals surface area (Å²) in [6, 6.07) is -14.2. The van der Waals surface area contributed by atoms with E-state index in [2.05, 4.69) is 31.9 Å². The van der Waals surface area contributed by atoms with Gasteiger partial charge in [0.1, 0.15) is 72.6 Å². The zero-order valence-corrected chi connectivity index (χ0v) is 60.9. The van der Waals surface area contributed by atoms with Crippen molar-refractivity contribution in [2.75, 3.05) is 69.6 Å². The molecule has 0 aromatic carbocycles. The molecule has 0 unspecified atom stereocenters. The SMILES string of the molecule is C/C=C/C[C@@H](C)[C@@H](OC(C)=O)[C@H]1C(=O)N[C@@H](CC)C(=O)N(C)[C@H](CCCNC)C(=O)N[C@@H]([C@H](C)COC)C(=O)N[C@@H](C(C)C)C(=O)N(C)[C@@H](CC(C)C)C(=O)N[C@@H](C)C(=O)N[C@H](C)C(=O)N(C)[C@@H](CC(C)C)C(=O)N(C)[C@@H](CC(C)C)C(=O)N(C)[C@@H](C(C)C)C(=O)N1C. The number of likely N-dealkylation sites (N-methyl/N-ethyl adjacent to an activating group) is 6. The van der Waals surface area contributed by atoms with Crippen molar-refractivity contribution in [3.8, 4) is 0 Å². The molecule has 1 aliphatic heterocycles. The molecule has 0 bridgehead atoms. The number of esters is 1. The van der Waals surface area contributed by atoms with Crippen LogP contribution in [0.3, 0.4) is 0 Å². The van der Waals surface area contributed by atoms with Crippen molar-refractivity contribution in [1.82, 2.24) is 61.3 Å². The fourth-order valence-electron chi connectivity index (χ4n) is 11.8. The van der Waals surface area contributed by atoms with Crippen LogP contribution in [0.2, 0.25) is 0 Å². The predicted octanol–water partition coefficient (Wildman–Crippen LogP) is 3.10. The highest BCUT2D eigenvalue weighted by Gasteiger charge is 2.47. The molecule has 6 N–H and O–H groups in total. The summed E-state index contributed by atoms with van der Waals surface area (Å²) in [6.07, 6.45) is 3.33. The van der Waals surface area contributed by atoms with Crippen molar-refractivity contribution in [2.24, 2.45) is 41.4 Å². The molecule has 0 spiro atoms. The van der Waals surface area contributed by atoms with Crippen molar-refractivity contribution >= 4 is 70.9 Å². The summed E-state index contributed by atoms with van der Waals surface area (Å²) in [5.74, 6) is -11.7. The third-order valence-electron chi connectivity index (χ3n) is 17.3. The lowest BCUT2D eigenvalue weighted by molar-refractivity contribution is -0.164. The van der Waals surface area contributed by atoms with E-state index in [0.717, 1.165) is 4.90 Å². The standard InChI is InChI=1S/C67H120N12O14/c1-26-28-30-42(13)56(93-46(17)80)55-61(85)71-47(27-2)63(87)74(19)48(31-29-32-68-18)58(82)73-53(43(14)36-92-25)60(84)72-52(40(9)10)66(90)75(20)49(33-37(3)4)59(83)69-44(15)57(81)70-45(16)62(86)76(21)50(34-38(5)6)64(88)77(22)51(35-39(7)8)65(89)78(23)54(41(11)12)67(91)79(55)24/h26,28,37-45,47-56,68H,27,29-36H2,1-25H3,(H,69,83)(H,70,81)(H,71,85)(H,72,84)(H,73,82)/b28-26+/t42-,43-,44+,45-,47+,48-,49+,50+,51+,52+,53+,54+,55+,56-/m1/s1. The summed E-state index contributed by atoms with van der Waals surface area (Å²) >= 11 is 0. The number of methoxy groups -OCH3 is 1. The van der Waals surface area contributed by atoms with Crippen molar-refractivity contribution in [2.45, 2.75) is 235 Å².